The Balaban J connectivity index is 1.81. The predicted octanol–water partition coefficient (Wildman–Crippen LogP) is 3.48. The zero-order valence-corrected chi connectivity index (χ0v) is 12.3. The van der Waals surface area contributed by atoms with Crippen molar-refractivity contribution < 1.29 is 9.13 Å². The van der Waals surface area contributed by atoms with Crippen LogP contribution < -0.4 is 0 Å². The molecule has 0 fully saturated rings. The number of benzene rings is 1. The normalized spacial score (nSPS) is 17.9. The molecule has 0 bridgehead atoms. The average molecular weight is 286 g/mol. The van der Waals surface area contributed by atoms with Crippen molar-refractivity contribution in [3.05, 3.63) is 59.7 Å². The number of aliphatic imine (C=N–C) groups is 1. The first-order valence-electron chi connectivity index (χ1n) is 7.24. The van der Waals surface area contributed by atoms with Gasteiger partial charge in [-0.3, -0.25) is 0 Å². The lowest BCUT2D eigenvalue weighted by Crippen LogP contribution is -2.13. The van der Waals surface area contributed by atoms with Crippen LogP contribution in [0.2, 0.25) is 0 Å². The summed E-state index contributed by atoms with van der Waals surface area (Å²) in [5, 5.41) is 0. The summed E-state index contributed by atoms with van der Waals surface area (Å²) in [7, 11) is 0. The Labute approximate surface area is 124 Å². The number of nitrogens with zero attached hydrogens (tertiary/aromatic N) is 2. The summed E-state index contributed by atoms with van der Waals surface area (Å²) >= 11 is 0. The topological polar surface area (TPSA) is 26.5 Å². The van der Waals surface area contributed by atoms with E-state index in [0.29, 0.717) is 25.0 Å². The van der Waals surface area contributed by atoms with Crippen LogP contribution in [0.4, 0.5) is 4.39 Å². The van der Waals surface area contributed by atoms with Crippen LogP contribution in [0.25, 0.3) is 0 Å². The van der Waals surface area contributed by atoms with Gasteiger partial charge in [0.2, 0.25) is 5.90 Å². The third-order valence-electron chi connectivity index (χ3n) is 3.76. The van der Waals surface area contributed by atoms with E-state index in [9.17, 15) is 4.39 Å². The van der Waals surface area contributed by atoms with Crippen LogP contribution in [0.15, 0.2) is 47.6 Å². The number of hydrogen-bond donors (Lipinski definition) is 0. The molecule has 0 unspecified atom stereocenters. The molecule has 0 saturated carbocycles. The van der Waals surface area contributed by atoms with Crippen molar-refractivity contribution in [1.29, 1.82) is 0 Å². The van der Waals surface area contributed by atoms with Crippen molar-refractivity contribution >= 4 is 5.90 Å². The summed E-state index contributed by atoms with van der Waals surface area (Å²) in [6.45, 7) is 5.63. The van der Waals surface area contributed by atoms with Crippen molar-refractivity contribution in [3.63, 3.8) is 0 Å². The molecule has 3 rings (SSSR count). The van der Waals surface area contributed by atoms with E-state index in [2.05, 4.69) is 23.4 Å². The Bertz CT molecular complexity index is 643. The second-order valence-corrected chi connectivity index (χ2v) is 5.70. The third-order valence-corrected chi connectivity index (χ3v) is 3.76. The molecule has 0 N–H and O–H groups in total. The van der Waals surface area contributed by atoms with E-state index in [4.69, 9.17) is 4.74 Å². The van der Waals surface area contributed by atoms with Crippen LogP contribution in [-0.2, 0) is 11.3 Å². The molecule has 0 amide bonds. The number of ether oxygens (including phenoxy) is 1. The highest BCUT2D eigenvalue weighted by molar-refractivity contribution is 5.93. The fourth-order valence-electron chi connectivity index (χ4n) is 2.40. The maximum Gasteiger partial charge on any atom is 0.233 e. The lowest BCUT2D eigenvalue weighted by atomic mass is 10.1. The molecule has 1 aromatic carbocycles. The lowest BCUT2D eigenvalue weighted by molar-refractivity contribution is 0.290. The minimum absolute atomic E-state index is 0.213. The molecule has 1 aromatic heterocycles. The van der Waals surface area contributed by atoms with Gasteiger partial charge in [0.25, 0.3) is 0 Å². The maximum atomic E-state index is 13.0. The first kappa shape index (κ1) is 13.9. The van der Waals surface area contributed by atoms with Crippen molar-refractivity contribution in [2.45, 2.75) is 26.4 Å². The summed E-state index contributed by atoms with van der Waals surface area (Å²) < 4.78 is 20.8. The Hall–Kier alpha value is -2.10. The van der Waals surface area contributed by atoms with Crippen molar-refractivity contribution in [2.24, 2.45) is 10.9 Å². The van der Waals surface area contributed by atoms with Gasteiger partial charge in [0.15, 0.2) is 0 Å². The lowest BCUT2D eigenvalue weighted by Gasteiger charge is -2.09. The molecule has 4 heteroatoms. The van der Waals surface area contributed by atoms with Gasteiger partial charge >= 0.3 is 0 Å². The largest absolute Gasteiger partial charge is 0.474 e. The van der Waals surface area contributed by atoms with Crippen molar-refractivity contribution in [1.82, 2.24) is 4.57 Å². The minimum Gasteiger partial charge on any atom is -0.474 e. The van der Waals surface area contributed by atoms with Crippen molar-refractivity contribution in [2.75, 3.05) is 6.61 Å². The van der Waals surface area contributed by atoms with Crippen LogP contribution in [0.1, 0.15) is 25.1 Å². The molecule has 1 atom stereocenters. The zero-order valence-electron chi connectivity index (χ0n) is 12.3. The van der Waals surface area contributed by atoms with Gasteiger partial charge in [-0.15, -0.1) is 0 Å². The Morgan fingerprint density at radius 3 is 2.71 bits per heavy atom. The van der Waals surface area contributed by atoms with Gasteiger partial charge in [0.1, 0.15) is 18.1 Å². The molecule has 0 saturated heterocycles. The van der Waals surface area contributed by atoms with E-state index in [1.807, 2.05) is 18.3 Å². The minimum atomic E-state index is -0.213. The molecular formula is C17H19FN2O. The van der Waals surface area contributed by atoms with Gasteiger partial charge in [0.05, 0.1) is 6.04 Å². The standard InChI is InChI=1S/C17H19FN2O/c1-12(2)15-11-21-17(19-15)16-4-3-9-20(16)10-13-5-7-14(18)8-6-13/h3-9,12,15H,10-11H2,1-2H3/t15-/m0/s1. The SMILES string of the molecule is CC(C)[C@@H]1COC(c2cccn2Cc2ccc(F)cc2)=N1. The number of hydrogen-bond acceptors (Lipinski definition) is 2. The highest BCUT2D eigenvalue weighted by atomic mass is 19.1. The molecule has 2 aromatic rings. The van der Waals surface area contributed by atoms with Gasteiger partial charge in [-0.05, 0) is 35.7 Å². The monoisotopic (exact) mass is 286 g/mol. The van der Waals surface area contributed by atoms with E-state index < -0.39 is 0 Å². The Kier molecular flexibility index (Phi) is 3.78. The second-order valence-electron chi connectivity index (χ2n) is 5.70. The molecule has 1 aliphatic heterocycles. The molecule has 2 heterocycles. The van der Waals surface area contributed by atoms with Crippen LogP contribution in [-0.4, -0.2) is 23.1 Å². The second kappa shape index (κ2) is 5.72. The van der Waals surface area contributed by atoms with E-state index in [1.54, 1.807) is 12.1 Å². The molecule has 110 valence electrons. The smallest absolute Gasteiger partial charge is 0.233 e. The quantitative estimate of drug-likeness (QED) is 0.845. The highest BCUT2D eigenvalue weighted by Gasteiger charge is 2.24. The summed E-state index contributed by atoms with van der Waals surface area (Å²) in [5.41, 5.74) is 2.02. The summed E-state index contributed by atoms with van der Waals surface area (Å²) in [6, 6.07) is 10.8. The van der Waals surface area contributed by atoms with Gasteiger partial charge in [-0.1, -0.05) is 26.0 Å². The fourth-order valence-corrected chi connectivity index (χ4v) is 2.40. The fraction of sp³-hybridized carbons (Fsp3) is 0.353. The number of halogens is 1. The average Bonchev–Trinajstić information content (AvgIpc) is 3.09. The summed E-state index contributed by atoms with van der Waals surface area (Å²) in [5.74, 6) is 0.971. The highest BCUT2D eigenvalue weighted by Crippen LogP contribution is 2.19. The zero-order chi connectivity index (χ0) is 14.8. The van der Waals surface area contributed by atoms with Crippen molar-refractivity contribution in [3.8, 4) is 0 Å². The Morgan fingerprint density at radius 1 is 1.29 bits per heavy atom. The molecule has 3 nitrogen and oxygen atoms in total. The van der Waals surface area contributed by atoms with E-state index in [-0.39, 0.29) is 11.9 Å². The van der Waals surface area contributed by atoms with Gasteiger partial charge in [-0.25, -0.2) is 9.38 Å². The predicted molar refractivity (Wildman–Crippen MR) is 81.0 cm³/mol. The van der Waals surface area contributed by atoms with Gasteiger partial charge in [0, 0.05) is 12.7 Å². The number of rotatable bonds is 4. The summed E-state index contributed by atoms with van der Waals surface area (Å²) in [4.78, 5) is 4.66. The molecule has 0 aliphatic carbocycles. The van der Waals surface area contributed by atoms with Crippen LogP contribution in [0.3, 0.4) is 0 Å². The van der Waals surface area contributed by atoms with E-state index >= 15 is 0 Å². The molecule has 0 radical (unpaired) electrons. The molecule has 21 heavy (non-hydrogen) atoms. The molecular weight excluding hydrogens is 267 g/mol. The van der Waals surface area contributed by atoms with Gasteiger partial charge in [-0.2, -0.15) is 0 Å². The van der Waals surface area contributed by atoms with Crippen LogP contribution >= 0.6 is 0 Å². The van der Waals surface area contributed by atoms with Crippen LogP contribution in [0, 0.1) is 11.7 Å². The maximum absolute atomic E-state index is 13.0. The van der Waals surface area contributed by atoms with E-state index in [0.717, 1.165) is 11.3 Å². The first-order chi connectivity index (χ1) is 10.1. The number of aromatic nitrogens is 1. The summed E-state index contributed by atoms with van der Waals surface area (Å²) in [6.07, 6.45) is 1.99. The van der Waals surface area contributed by atoms with E-state index in [1.165, 1.54) is 12.1 Å². The van der Waals surface area contributed by atoms with Gasteiger partial charge < -0.3 is 9.30 Å². The first-order valence-corrected chi connectivity index (χ1v) is 7.24. The molecule has 1 aliphatic rings. The molecule has 0 spiro atoms. The third kappa shape index (κ3) is 2.99. The van der Waals surface area contributed by atoms with Crippen LogP contribution in [0.5, 0.6) is 0 Å². The Morgan fingerprint density at radius 2 is 2.05 bits per heavy atom.